The molecule has 0 saturated carbocycles. The van der Waals surface area contributed by atoms with Gasteiger partial charge in [0.2, 0.25) is 0 Å². The van der Waals surface area contributed by atoms with Gasteiger partial charge in [-0.2, -0.15) is 0 Å². The summed E-state index contributed by atoms with van der Waals surface area (Å²) in [5, 5.41) is 0. The quantitative estimate of drug-likeness (QED) is 0.811. The zero-order valence-electron chi connectivity index (χ0n) is 9.97. The van der Waals surface area contributed by atoms with Crippen LogP contribution in [-0.4, -0.2) is 0 Å². The molecule has 2 heteroatoms. The molecule has 0 fully saturated rings. The first kappa shape index (κ1) is 12.2. The lowest BCUT2D eigenvalue weighted by Gasteiger charge is -2.34. The van der Waals surface area contributed by atoms with Gasteiger partial charge in [0, 0.05) is 5.54 Å². The van der Waals surface area contributed by atoms with E-state index in [2.05, 4.69) is 20.8 Å². The van der Waals surface area contributed by atoms with Crippen molar-refractivity contribution in [3.8, 4) is 0 Å². The Kier molecular flexibility index (Phi) is 3.50. The summed E-state index contributed by atoms with van der Waals surface area (Å²) in [6.45, 7) is 8.19. The molecule has 1 nitrogen and oxygen atoms in total. The number of hydrogen-bond donors (Lipinski definition) is 1. The summed E-state index contributed by atoms with van der Waals surface area (Å²) in [6.07, 6.45) is 0.858. The Morgan fingerprint density at radius 1 is 1.40 bits per heavy atom. The van der Waals surface area contributed by atoms with Crippen LogP contribution in [0.2, 0.25) is 0 Å². The lowest BCUT2D eigenvalue weighted by atomic mass is 9.77. The first-order valence-corrected chi connectivity index (χ1v) is 5.47. The lowest BCUT2D eigenvalue weighted by molar-refractivity contribution is 0.304. The van der Waals surface area contributed by atoms with E-state index in [0.717, 1.165) is 17.5 Å². The van der Waals surface area contributed by atoms with Crippen molar-refractivity contribution in [1.29, 1.82) is 0 Å². The molecule has 0 bridgehead atoms. The Morgan fingerprint density at radius 2 is 2.00 bits per heavy atom. The van der Waals surface area contributed by atoms with Gasteiger partial charge in [-0.15, -0.1) is 0 Å². The largest absolute Gasteiger partial charge is 0.321 e. The second-order valence-electron chi connectivity index (χ2n) is 4.51. The van der Waals surface area contributed by atoms with Crippen molar-refractivity contribution in [2.24, 2.45) is 11.7 Å². The molecule has 0 amide bonds. The number of aryl methyl sites for hydroxylation is 1. The van der Waals surface area contributed by atoms with E-state index in [0.29, 0.717) is 5.92 Å². The number of benzene rings is 1. The van der Waals surface area contributed by atoms with E-state index in [1.807, 2.05) is 13.0 Å². The average molecular weight is 209 g/mol. The van der Waals surface area contributed by atoms with Crippen molar-refractivity contribution in [2.45, 2.75) is 39.7 Å². The first-order chi connectivity index (χ1) is 6.91. The third kappa shape index (κ3) is 2.20. The first-order valence-electron chi connectivity index (χ1n) is 5.47. The standard InChI is InChI=1S/C13H20FN/c1-5-13(15,9(2)3)12-7-6-11(14)8-10(12)4/h6-9H,5,15H2,1-4H3. The number of rotatable bonds is 3. The van der Waals surface area contributed by atoms with Crippen LogP contribution in [0, 0.1) is 18.7 Å². The van der Waals surface area contributed by atoms with Gasteiger partial charge in [0.05, 0.1) is 0 Å². The number of nitrogens with two attached hydrogens (primary N) is 1. The smallest absolute Gasteiger partial charge is 0.123 e. The van der Waals surface area contributed by atoms with Crippen LogP contribution in [0.1, 0.15) is 38.3 Å². The molecule has 0 aliphatic carbocycles. The molecule has 0 aliphatic rings. The third-order valence-corrected chi connectivity index (χ3v) is 3.31. The van der Waals surface area contributed by atoms with Crippen LogP contribution in [0.5, 0.6) is 0 Å². The second-order valence-corrected chi connectivity index (χ2v) is 4.51. The molecule has 0 heterocycles. The van der Waals surface area contributed by atoms with Crippen LogP contribution in [0.15, 0.2) is 18.2 Å². The van der Waals surface area contributed by atoms with E-state index in [4.69, 9.17) is 5.73 Å². The molecule has 0 saturated heterocycles. The summed E-state index contributed by atoms with van der Waals surface area (Å²) in [4.78, 5) is 0. The summed E-state index contributed by atoms with van der Waals surface area (Å²) in [5.74, 6) is 0.144. The van der Waals surface area contributed by atoms with Gasteiger partial charge in [0.25, 0.3) is 0 Å². The van der Waals surface area contributed by atoms with Crippen molar-refractivity contribution < 1.29 is 4.39 Å². The predicted molar refractivity (Wildman–Crippen MR) is 62.1 cm³/mol. The lowest BCUT2D eigenvalue weighted by Crippen LogP contribution is -2.41. The van der Waals surface area contributed by atoms with E-state index in [1.165, 1.54) is 6.07 Å². The van der Waals surface area contributed by atoms with Crippen molar-refractivity contribution in [1.82, 2.24) is 0 Å². The summed E-state index contributed by atoms with van der Waals surface area (Å²) in [7, 11) is 0. The van der Waals surface area contributed by atoms with Gasteiger partial charge in [0.1, 0.15) is 5.82 Å². The van der Waals surface area contributed by atoms with Crippen molar-refractivity contribution in [3.63, 3.8) is 0 Å². The van der Waals surface area contributed by atoms with Crippen LogP contribution < -0.4 is 5.73 Å². The molecular formula is C13H20FN. The predicted octanol–water partition coefficient (Wildman–Crippen LogP) is 3.35. The molecule has 1 unspecified atom stereocenters. The molecule has 1 rings (SSSR count). The number of halogens is 1. The average Bonchev–Trinajstić information content (AvgIpc) is 2.16. The second kappa shape index (κ2) is 4.31. The molecule has 0 spiro atoms. The molecule has 84 valence electrons. The monoisotopic (exact) mass is 209 g/mol. The van der Waals surface area contributed by atoms with Crippen LogP contribution in [0.4, 0.5) is 4.39 Å². The molecule has 0 radical (unpaired) electrons. The Hall–Kier alpha value is -0.890. The summed E-state index contributed by atoms with van der Waals surface area (Å²) in [6, 6.07) is 4.85. The maximum atomic E-state index is 13.0. The van der Waals surface area contributed by atoms with Gasteiger partial charge in [-0.25, -0.2) is 4.39 Å². The molecular weight excluding hydrogens is 189 g/mol. The van der Waals surface area contributed by atoms with Crippen molar-refractivity contribution in [2.75, 3.05) is 0 Å². The molecule has 15 heavy (non-hydrogen) atoms. The molecule has 1 atom stereocenters. The van der Waals surface area contributed by atoms with E-state index in [9.17, 15) is 4.39 Å². The normalized spacial score (nSPS) is 15.4. The van der Waals surface area contributed by atoms with Gasteiger partial charge in [0.15, 0.2) is 0 Å². The van der Waals surface area contributed by atoms with Crippen LogP contribution in [0.3, 0.4) is 0 Å². The minimum atomic E-state index is -0.349. The molecule has 0 aliphatic heterocycles. The van der Waals surface area contributed by atoms with Crippen molar-refractivity contribution >= 4 is 0 Å². The van der Waals surface area contributed by atoms with Crippen LogP contribution >= 0.6 is 0 Å². The molecule has 2 N–H and O–H groups in total. The van der Waals surface area contributed by atoms with Crippen LogP contribution in [0.25, 0.3) is 0 Å². The van der Waals surface area contributed by atoms with Gasteiger partial charge in [-0.3, -0.25) is 0 Å². The van der Waals surface area contributed by atoms with E-state index in [1.54, 1.807) is 6.07 Å². The SMILES string of the molecule is CCC(N)(c1ccc(F)cc1C)C(C)C. The minimum Gasteiger partial charge on any atom is -0.321 e. The third-order valence-electron chi connectivity index (χ3n) is 3.31. The fourth-order valence-corrected chi connectivity index (χ4v) is 2.06. The van der Waals surface area contributed by atoms with Crippen molar-refractivity contribution in [3.05, 3.63) is 35.1 Å². The van der Waals surface area contributed by atoms with Crippen LogP contribution in [-0.2, 0) is 5.54 Å². The van der Waals surface area contributed by atoms with Gasteiger partial charge >= 0.3 is 0 Å². The van der Waals surface area contributed by atoms with Gasteiger partial charge in [-0.1, -0.05) is 26.8 Å². The summed E-state index contributed by atoms with van der Waals surface area (Å²) in [5.41, 5.74) is 8.04. The molecule has 0 aromatic heterocycles. The highest BCUT2D eigenvalue weighted by atomic mass is 19.1. The highest BCUT2D eigenvalue weighted by Gasteiger charge is 2.30. The van der Waals surface area contributed by atoms with E-state index < -0.39 is 0 Å². The highest BCUT2D eigenvalue weighted by Crippen LogP contribution is 2.32. The zero-order valence-corrected chi connectivity index (χ0v) is 9.97. The highest BCUT2D eigenvalue weighted by molar-refractivity contribution is 5.33. The summed E-state index contributed by atoms with van der Waals surface area (Å²) < 4.78 is 13.0. The van der Waals surface area contributed by atoms with E-state index in [-0.39, 0.29) is 11.4 Å². The topological polar surface area (TPSA) is 26.0 Å². The fourth-order valence-electron chi connectivity index (χ4n) is 2.06. The Balaban J connectivity index is 3.24. The minimum absolute atomic E-state index is 0.196. The Bertz CT molecular complexity index is 346. The maximum Gasteiger partial charge on any atom is 0.123 e. The Morgan fingerprint density at radius 3 is 2.40 bits per heavy atom. The van der Waals surface area contributed by atoms with Gasteiger partial charge < -0.3 is 5.73 Å². The van der Waals surface area contributed by atoms with Gasteiger partial charge in [-0.05, 0) is 42.5 Å². The van der Waals surface area contributed by atoms with E-state index >= 15 is 0 Å². The zero-order chi connectivity index (χ0) is 11.6. The summed E-state index contributed by atoms with van der Waals surface area (Å²) >= 11 is 0. The fraction of sp³-hybridized carbons (Fsp3) is 0.538. The maximum absolute atomic E-state index is 13.0. The number of hydrogen-bond acceptors (Lipinski definition) is 1. The Labute approximate surface area is 91.5 Å². The molecule has 1 aromatic rings. The molecule has 1 aromatic carbocycles.